The Morgan fingerprint density at radius 3 is 2.56 bits per heavy atom. The molecule has 2 amide bonds. The Labute approximate surface area is 204 Å². The van der Waals surface area contributed by atoms with E-state index in [2.05, 4.69) is 10.6 Å². The predicted molar refractivity (Wildman–Crippen MR) is 136 cm³/mol. The molecule has 176 valence electrons. The first-order valence-electron chi connectivity index (χ1n) is 11.3. The summed E-state index contributed by atoms with van der Waals surface area (Å²) in [5.74, 6) is 0.353. The average Bonchev–Trinajstić information content (AvgIpc) is 3.02. The monoisotopic (exact) mass is 477 g/mol. The Hall–Kier alpha value is -3.35. The number of methoxy groups -OCH3 is 1. The van der Waals surface area contributed by atoms with Crippen LogP contribution in [-0.4, -0.2) is 32.5 Å². The number of anilines is 2. The van der Waals surface area contributed by atoms with Gasteiger partial charge in [-0.1, -0.05) is 29.8 Å². The lowest BCUT2D eigenvalue weighted by atomic mass is 10.0. The second kappa shape index (κ2) is 10.3. The Kier molecular flexibility index (Phi) is 7.20. The predicted octanol–water partition coefficient (Wildman–Crippen LogP) is 5.61. The summed E-state index contributed by atoms with van der Waals surface area (Å²) in [6.07, 6.45) is 1.74. The highest BCUT2D eigenvalue weighted by Gasteiger charge is 2.28. The van der Waals surface area contributed by atoms with E-state index in [-0.39, 0.29) is 22.9 Å². The van der Waals surface area contributed by atoms with E-state index in [1.165, 1.54) is 0 Å². The molecule has 0 radical (unpaired) electrons. The zero-order valence-corrected chi connectivity index (χ0v) is 20.3. The summed E-state index contributed by atoms with van der Waals surface area (Å²) < 4.78 is 5.41. The number of carbonyl (C=O) groups excluding carboxylic acids is 2. The molecule has 3 aromatic rings. The van der Waals surface area contributed by atoms with Crippen LogP contribution in [0.2, 0.25) is 5.02 Å². The molecule has 0 aliphatic carbocycles. The molecule has 1 unspecified atom stereocenters. The van der Waals surface area contributed by atoms with Crippen LogP contribution in [0.1, 0.15) is 50.7 Å². The van der Waals surface area contributed by atoms with Gasteiger partial charge in [-0.15, -0.1) is 0 Å². The summed E-state index contributed by atoms with van der Waals surface area (Å²) in [7, 11) is 3.56. The molecule has 0 saturated heterocycles. The Morgan fingerprint density at radius 2 is 1.85 bits per heavy atom. The normalized spacial score (nSPS) is 15.3. The van der Waals surface area contributed by atoms with E-state index in [0.29, 0.717) is 23.4 Å². The number of nitrogens with zero attached hydrogens (tertiary/aromatic N) is 1. The lowest BCUT2D eigenvalue weighted by molar-refractivity contribution is 0.0985. The van der Waals surface area contributed by atoms with E-state index in [0.717, 1.165) is 35.4 Å². The van der Waals surface area contributed by atoms with E-state index in [4.69, 9.17) is 16.3 Å². The smallest absolute Gasteiger partial charge is 0.259 e. The van der Waals surface area contributed by atoms with Gasteiger partial charge < -0.3 is 20.3 Å². The number of hydrogen-bond acceptors (Lipinski definition) is 4. The van der Waals surface area contributed by atoms with Gasteiger partial charge in [0.2, 0.25) is 0 Å². The van der Waals surface area contributed by atoms with Crippen LogP contribution in [0, 0.1) is 6.92 Å². The second-order valence-electron chi connectivity index (χ2n) is 8.33. The number of rotatable bonds is 5. The summed E-state index contributed by atoms with van der Waals surface area (Å²) in [5, 5.41) is 6.50. The van der Waals surface area contributed by atoms with Crippen molar-refractivity contribution in [3.8, 4) is 5.75 Å². The number of halogens is 1. The summed E-state index contributed by atoms with van der Waals surface area (Å²) in [6.45, 7) is 2.47. The maximum atomic E-state index is 13.6. The van der Waals surface area contributed by atoms with Gasteiger partial charge in [0.25, 0.3) is 11.8 Å². The average molecular weight is 478 g/mol. The fourth-order valence-electron chi connectivity index (χ4n) is 4.36. The second-order valence-corrected chi connectivity index (χ2v) is 8.74. The molecule has 3 aromatic carbocycles. The Balaban J connectivity index is 1.61. The largest absolute Gasteiger partial charge is 0.497 e. The van der Waals surface area contributed by atoms with Crippen LogP contribution >= 0.6 is 11.6 Å². The molecule has 1 heterocycles. The van der Waals surface area contributed by atoms with Gasteiger partial charge in [0.15, 0.2) is 0 Å². The van der Waals surface area contributed by atoms with Crippen LogP contribution in [0.3, 0.4) is 0 Å². The number of amides is 2. The van der Waals surface area contributed by atoms with Crippen molar-refractivity contribution in [1.82, 2.24) is 5.32 Å². The van der Waals surface area contributed by atoms with Crippen LogP contribution < -0.4 is 20.3 Å². The third-order valence-electron chi connectivity index (χ3n) is 6.22. The van der Waals surface area contributed by atoms with Gasteiger partial charge in [-0.2, -0.15) is 0 Å². The molecular formula is C27H28ClN3O3. The first-order chi connectivity index (χ1) is 16.4. The molecule has 1 atom stereocenters. The molecule has 1 aliphatic heterocycles. The highest BCUT2D eigenvalue weighted by Crippen LogP contribution is 2.37. The number of nitrogens with one attached hydrogen (secondary N) is 2. The highest BCUT2D eigenvalue weighted by atomic mass is 35.5. The van der Waals surface area contributed by atoms with Crippen molar-refractivity contribution in [3.05, 3.63) is 87.9 Å². The summed E-state index contributed by atoms with van der Waals surface area (Å²) in [6, 6.07) is 18.3. The molecule has 4 rings (SSSR count). The third-order valence-corrected chi connectivity index (χ3v) is 6.53. The highest BCUT2D eigenvalue weighted by molar-refractivity contribution is 6.35. The van der Waals surface area contributed by atoms with E-state index in [1.807, 2.05) is 50.4 Å². The fraction of sp³-hybridized carbons (Fsp3) is 0.259. The number of ether oxygens (including phenoxy) is 1. The summed E-state index contributed by atoms with van der Waals surface area (Å²) in [4.78, 5) is 28.0. The number of carbonyl (C=O) groups is 2. The van der Waals surface area contributed by atoms with Crippen molar-refractivity contribution in [2.45, 2.75) is 25.8 Å². The van der Waals surface area contributed by atoms with Crippen molar-refractivity contribution in [2.24, 2.45) is 0 Å². The lowest BCUT2D eigenvalue weighted by Crippen LogP contribution is -2.32. The first-order valence-corrected chi connectivity index (χ1v) is 11.6. The van der Waals surface area contributed by atoms with Gasteiger partial charge in [0.05, 0.1) is 17.7 Å². The van der Waals surface area contributed by atoms with E-state index in [1.54, 1.807) is 36.3 Å². The van der Waals surface area contributed by atoms with Crippen LogP contribution in [0.15, 0.2) is 60.7 Å². The summed E-state index contributed by atoms with van der Waals surface area (Å²) in [5.41, 5.74) is 4.26. The van der Waals surface area contributed by atoms with Crippen molar-refractivity contribution < 1.29 is 14.3 Å². The number of benzene rings is 3. The number of aryl methyl sites for hydroxylation is 1. The topological polar surface area (TPSA) is 70.7 Å². The molecule has 0 saturated carbocycles. The Morgan fingerprint density at radius 1 is 1.06 bits per heavy atom. The van der Waals surface area contributed by atoms with Gasteiger partial charge in [-0.3, -0.25) is 9.59 Å². The minimum absolute atomic E-state index is 0.123. The number of fused-ring (bicyclic) bond motifs is 1. The molecule has 0 fully saturated rings. The maximum absolute atomic E-state index is 13.6. The van der Waals surface area contributed by atoms with Gasteiger partial charge >= 0.3 is 0 Å². The summed E-state index contributed by atoms with van der Waals surface area (Å²) >= 11 is 6.54. The van der Waals surface area contributed by atoms with Crippen molar-refractivity contribution in [3.63, 3.8) is 0 Å². The minimum Gasteiger partial charge on any atom is -0.497 e. The van der Waals surface area contributed by atoms with Gasteiger partial charge in [-0.25, -0.2) is 0 Å². The molecule has 34 heavy (non-hydrogen) atoms. The zero-order chi connectivity index (χ0) is 24.2. The SMILES string of the molecule is CNC1CCCN(C(=O)c2ccc(NC(=O)c3ccccc3C)cc2Cl)c2ccc(OC)cc21. The number of hydrogen-bond donors (Lipinski definition) is 2. The maximum Gasteiger partial charge on any atom is 0.259 e. The fourth-order valence-corrected chi connectivity index (χ4v) is 4.62. The van der Waals surface area contributed by atoms with Crippen LogP contribution in [0.4, 0.5) is 11.4 Å². The van der Waals surface area contributed by atoms with E-state index in [9.17, 15) is 9.59 Å². The molecule has 1 aliphatic rings. The van der Waals surface area contributed by atoms with Crippen molar-refractivity contribution >= 4 is 34.8 Å². The molecular weight excluding hydrogens is 450 g/mol. The molecule has 0 aromatic heterocycles. The lowest BCUT2D eigenvalue weighted by Gasteiger charge is -2.25. The first kappa shape index (κ1) is 23.8. The van der Waals surface area contributed by atoms with Crippen molar-refractivity contribution in [2.75, 3.05) is 30.9 Å². The standard InChI is InChI=1S/C27H28ClN3O3/c1-17-7-4-5-8-20(17)26(32)30-18-10-12-21(23(28)15-18)27(33)31-14-6-9-24(29-2)22-16-19(34-3)11-13-25(22)31/h4-5,7-8,10-13,15-16,24,29H,6,9,14H2,1-3H3,(H,30,32). The van der Waals surface area contributed by atoms with Crippen LogP contribution in [-0.2, 0) is 0 Å². The molecule has 2 N–H and O–H groups in total. The quantitative estimate of drug-likeness (QED) is 0.501. The molecule has 0 spiro atoms. The minimum atomic E-state index is -0.221. The van der Waals surface area contributed by atoms with Gasteiger partial charge in [0.1, 0.15) is 5.75 Å². The van der Waals surface area contributed by atoms with E-state index < -0.39 is 0 Å². The van der Waals surface area contributed by atoms with E-state index >= 15 is 0 Å². The molecule has 0 bridgehead atoms. The Bertz CT molecular complexity index is 1230. The van der Waals surface area contributed by atoms with Crippen LogP contribution in [0.5, 0.6) is 5.75 Å². The van der Waals surface area contributed by atoms with Gasteiger partial charge in [-0.05, 0) is 80.4 Å². The van der Waals surface area contributed by atoms with Gasteiger partial charge in [0, 0.05) is 29.5 Å². The zero-order valence-electron chi connectivity index (χ0n) is 19.5. The van der Waals surface area contributed by atoms with Crippen LogP contribution in [0.25, 0.3) is 0 Å². The third kappa shape index (κ3) is 4.79. The molecule has 7 heteroatoms. The van der Waals surface area contributed by atoms with Crippen molar-refractivity contribution in [1.29, 1.82) is 0 Å². The molecule has 6 nitrogen and oxygen atoms in total.